The van der Waals surface area contributed by atoms with Gasteiger partial charge in [0.05, 0.1) is 11.8 Å². The summed E-state index contributed by atoms with van der Waals surface area (Å²) in [5, 5.41) is 27.2. The number of anilines is 1. The summed E-state index contributed by atoms with van der Waals surface area (Å²) >= 11 is 5.93. The van der Waals surface area contributed by atoms with Gasteiger partial charge in [-0.05, 0) is 44.0 Å². The fraction of sp³-hybridized carbons (Fsp3) is 0.350. The van der Waals surface area contributed by atoms with Crippen molar-refractivity contribution < 1.29 is 19.7 Å². The summed E-state index contributed by atoms with van der Waals surface area (Å²) in [6, 6.07) is 10.5. The maximum atomic E-state index is 11.5. The van der Waals surface area contributed by atoms with Crippen LogP contribution in [0.25, 0.3) is 0 Å². The third-order valence-corrected chi connectivity index (χ3v) is 4.67. The average molecular weight is 391 g/mol. The summed E-state index contributed by atoms with van der Waals surface area (Å²) in [5.41, 5.74) is 1.65. The van der Waals surface area contributed by atoms with Crippen LogP contribution in [0.4, 0.5) is 5.69 Å². The number of carbonyl (C=O) groups is 1. The quantitative estimate of drug-likeness (QED) is 0.608. The summed E-state index contributed by atoms with van der Waals surface area (Å²) in [7, 11) is 0. The fourth-order valence-corrected chi connectivity index (χ4v) is 3.24. The Morgan fingerprint density at radius 2 is 2.00 bits per heavy atom. The van der Waals surface area contributed by atoms with E-state index in [-0.39, 0.29) is 30.3 Å². The Labute approximate surface area is 163 Å². The van der Waals surface area contributed by atoms with Crippen molar-refractivity contribution in [1.82, 2.24) is 5.32 Å². The minimum atomic E-state index is -0.912. The second-order valence-electron chi connectivity index (χ2n) is 7.33. The van der Waals surface area contributed by atoms with Gasteiger partial charge >= 0.3 is 0 Å². The van der Waals surface area contributed by atoms with Crippen LogP contribution >= 0.6 is 11.6 Å². The Balaban J connectivity index is 1.69. The first-order chi connectivity index (χ1) is 12.7. The predicted octanol–water partition coefficient (Wildman–Crippen LogP) is 3.02. The zero-order valence-electron chi connectivity index (χ0n) is 15.3. The van der Waals surface area contributed by atoms with E-state index in [2.05, 4.69) is 10.6 Å². The van der Waals surface area contributed by atoms with Gasteiger partial charge in [-0.15, -0.1) is 0 Å². The predicted molar refractivity (Wildman–Crippen MR) is 104 cm³/mol. The highest BCUT2D eigenvalue weighted by Gasteiger charge is 2.26. The summed E-state index contributed by atoms with van der Waals surface area (Å²) in [4.78, 5) is 11.5. The number of aromatic hydroxyl groups is 1. The van der Waals surface area contributed by atoms with E-state index in [0.717, 1.165) is 12.0 Å². The summed E-state index contributed by atoms with van der Waals surface area (Å²) < 4.78 is 5.46. The molecule has 0 radical (unpaired) electrons. The molecule has 0 aromatic heterocycles. The van der Waals surface area contributed by atoms with Crippen molar-refractivity contribution in [2.75, 3.05) is 18.5 Å². The van der Waals surface area contributed by atoms with Crippen molar-refractivity contribution in [2.24, 2.45) is 0 Å². The number of halogens is 1. The molecule has 1 heterocycles. The molecule has 144 valence electrons. The number of phenolic OH excluding ortho intramolecular Hbond substituents is 1. The van der Waals surface area contributed by atoms with Crippen molar-refractivity contribution in [3.8, 4) is 11.5 Å². The molecule has 3 rings (SSSR count). The Morgan fingerprint density at radius 1 is 1.30 bits per heavy atom. The molecule has 0 aliphatic carbocycles. The SMILES string of the molecule is CC(C)(Cc1ccc(Cl)cc1)NC[C@H](O)c1cc(O)cc2c1OCC(=O)N2. The molecule has 1 aliphatic rings. The molecular weight excluding hydrogens is 368 g/mol. The monoisotopic (exact) mass is 390 g/mol. The molecule has 1 amide bonds. The fourth-order valence-electron chi connectivity index (χ4n) is 3.12. The van der Waals surface area contributed by atoms with Crippen LogP contribution in [0.3, 0.4) is 0 Å². The number of fused-ring (bicyclic) bond motifs is 1. The number of rotatable bonds is 6. The van der Waals surface area contributed by atoms with E-state index < -0.39 is 6.10 Å². The van der Waals surface area contributed by atoms with Crippen molar-refractivity contribution in [1.29, 1.82) is 0 Å². The van der Waals surface area contributed by atoms with Crippen molar-refractivity contribution >= 4 is 23.2 Å². The first-order valence-corrected chi connectivity index (χ1v) is 9.08. The molecule has 0 unspecified atom stereocenters. The van der Waals surface area contributed by atoms with E-state index in [9.17, 15) is 15.0 Å². The Bertz CT molecular complexity index is 837. The minimum absolute atomic E-state index is 0.0472. The molecule has 0 spiro atoms. The molecule has 0 saturated heterocycles. The van der Waals surface area contributed by atoms with Crippen molar-refractivity contribution in [3.63, 3.8) is 0 Å². The van der Waals surface area contributed by atoms with Crippen LogP contribution in [0.2, 0.25) is 5.02 Å². The number of ether oxygens (including phenoxy) is 1. The van der Waals surface area contributed by atoms with Crippen molar-refractivity contribution in [3.05, 3.63) is 52.5 Å². The van der Waals surface area contributed by atoms with E-state index >= 15 is 0 Å². The largest absolute Gasteiger partial charge is 0.508 e. The van der Waals surface area contributed by atoms with Crippen LogP contribution < -0.4 is 15.4 Å². The van der Waals surface area contributed by atoms with Crippen LogP contribution in [0.1, 0.15) is 31.1 Å². The molecule has 1 atom stereocenters. The zero-order chi connectivity index (χ0) is 19.6. The van der Waals surface area contributed by atoms with Gasteiger partial charge in [0.1, 0.15) is 11.5 Å². The van der Waals surface area contributed by atoms with Crippen LogP contribution in [0, 0.1) is 0 Å². The smallest absolute Gasteiger partial charge is 0.262 e. The van der Waals surface area contributed by atoms with Gasteiger partial charge in [0, 0.05) is 28.7 Å². The molecule has 7 heteroatoms. The number of phenols is 1. The Hall–Kier alpha value is -2.28. The lowest BCUT2D eigenvalue weighted by atomic mass is 9.94. The molecule has 27 heavy (non-hydrogen) atoms. The lowest BCUT2D eigenvalue weighted by Crippen LogP contribution is -2.43. The van der Waals surface area contributed by atoms with Gasteiger partial charge in [0.25, 0.3) is 5.91 Å². The van der Waals surface area contributed by atoms with E-state index in [1.807, 2.05) is 38.1 Å². The lowest BCUT2D eigenvalue weighted by molar-refractivity contribution is -0.118. The number of hydrogen-bond donors (Lipinski definition) is 4. The normalized spacial score (nSPS) is 14.9. The lowest BCUT2D eigenvalue weighted by Gasteiger charge is -2.29. The highest BCUT2D eigenvalue weighted by Crippen LogP contribution is 2.38. The van der Waals surface area contributed by atoms with Gasteiger partial charge < -0.3 is 25.6 Å². The van der Waals surface area contributed by atoms with Gasteiger partial charge in [-0.25, -0.2) is 0 Å². The number of benzene rings is 2. The number of β-amino-alcohol motifs (C(OH)–C–C–N with tert-alkyl or cyclic N) is 1. The molecule has 6 nitrogen and oxygen atoms in total. The Kier molecular flexibility index (Phi) is 5.60. The number of amides is 1. The van der Waals surface area contributed by atoms with E-state index in [4.69, 9.17) is 16.3 Å². The van der Waals surface area contributed by atoms with Crippen molar-refractivity contribution in [2.45, 2.75) is 31.9 Å². The van der Waals surface area contributed by atoms with Gasteiger partial charge in [-0.1, -0.05) is 23.7 Å². The Morgan fingerprint density at radius 3 is 2.70 bits per heavy atom. The first-order valence-electron chi connectivity index (χ1n) is 8.70. The summed E-state index contributed by atoms with van der Waals surface area (Å²) in [6.07, 6.45) is -0.160. The highest BCUT2D eigenvalue weighted by atomic mass is 35.5. The zero-order valence-corrected chi connectivity index (χ0v) is 16.0. The maximum Gasteiger partial charge on any atom is 0.262 e. The molecule has 0 fully saturated rings. The molecule has 2 aromatic rings. The molecular formula is C20H23ClN2O4. The number of nitrogens with one attached hydrogen (secondary N) is 2. The number of aliphatic hydroxyl groups excluding tert-OH is 1. The molecule has 4 N–H and O–H groups in total. The van der Waals surface area contributed by atoms with Gasteiger partial charge in [0.2, 0.25) is 0 Å². The molecule has 0 bridgehead atoms. The number of carbonyl (C=O) groups excluding carboxylic acids is 1. The summed E-state index contributed by atoms with van der Waals surface area (Å²) in [6.45, 7) is 4.23. The maximum absolute atomic E-state index is 11.5. The second-order valence-corrected chi connectivity index (χ2v) is 7.77. The van der Waals surface area contributed by atoms with E-state index in [1.165, 1.54) is 12.1 Å². The second kappa shape index (κ2) is 7.76. The van der Waals surface area contributed by atoms with Gasteiger partial charge in [0.15, 0.2) is 6.61 Å². The summed E-state index contributed by atoms with van der Waals surface area (Å²) in [5.74, 6) is 0.0435. The third kappa shape index (κ3) is 4.91. The topological polar surface area (TPSA) is 90.8 Å². The number of aliphatic hydroxyl groups is 1. The minimum Gasteiger partial charge on any atom is -0.508 e. The van der Waals surface area contributed by atoms with Crippen LogP contribution in [-0.2, 0) is 11.2 Å². The molecule has 0 saturated carbocycles. The third-order valence-electron chi connectivity index (χ3n) is 4.42. The standard InChI is InChI=1S/C20H23ClN2O4/c1-20(2,9-12-3-5-13(21)6-4-12)22-10-17(25)15-7-14(24)8-16-19(15)27-11-18(26)23-16/h3-8,17,22,24-25H,9-11H2,1-2H3,(H,23,26)/t17-/m0/s1. The van der Waals surface area contributed by atoms with Crippen LogP contribution in [0.5, 0.6) is 11.5 Å². The van der Waals surface area contributed by atoms with E-state index in [1.54, 1.807) is 0 Å². The molecule has 2 aromatic carbocycles. The van der Waals surface area contributed by atoms with E-state index in [0.29, 0.717) is 22.0 Å². The van der Waals surface area contributed by atoms with Crippen LogP contribution in [-0.4, -0.2) is 34.8 Å². The molecule has 1 aliphatic heterocycles. The number of hydrogen-bond acceptors (Lipinski definition) is 5. The average Bonchev–Trinajstić information content (AvgIpc) is 2.60. The highest BCUT2D eigenvalue weighted by molar-refractivity contribution is 6.30. The van der Waals surface area contributed by atoms with Crippen LogP contribution in [0.15, 0.2) is 36.4 Å². The van der Waals surface area contributed by atoms with Gasteiger partial charge in [-0.3, -0.25) is 4.79 Å². The first kappa shape index (κ1) is 19.5. The van der Waals surface area contributed by atoms with Gasteiger partial charge in [-0.2, -0.15) is 0 Å².